The molecule has 178 valence electrons. The lowest BCUT2D eigenvalue weighted by molar-refractivity contribution is -0.156. The minimum absolute atomic E-state index is 0.145. The van der Waals surface area contributed by atoms with E-state index in [0.717, 1.165) is 50.7 Å². The Balaban J connectivity index is 2.55. The van der Waals surface area contributed by atoms with Gasteiger partial charge in [-0.05, 0) is 54.2 Å². The van der Waals surface area contributed by atoms with Gasteiger partial charge in [-0.1, -0.05) is 72.9 Å². The highest BCUT2D eigenvalue weighted by Gasteiger charge is 2.43. The molecule has 0 saturated carbocycles. The van der Waals surface area contributed by atoms with Crippen LogP contribution >= 0.6 is 0 Å². The van der Waals surface area contributed by atoms with Gasteiger partial charge in [0, 0.05) is 20.1 Å². The molecule has 0 aromatic heterocycles. The standard InChI is InChI=1S/C27H46O4/c1-20(2)24-15-14-23(19-25(24)31-18-12-17-30-7)13-10-8-9-11-16-27(21(3)4,22(5)6)26(28)29/h14-15,19-22H,8-13,16-18H2,1-7H3,(H,28,29). The number of hydrogen-bond donors (Lipinski definition) is 1. The van der Waals surface area contributed by atoms with Crippen LogP contribution in [0.25, 0.3) is 0 Å². The van der Waals surface area contributed by atoms with Crippen molar-refractivity contribution in [2.24, 2.45) is 17.3 Å². The molecular weight excluding hydrogens is 388 g/mol. The first kappa shape index (κ1) is 27.5. The summed E-state index contributed by atoms with van der Waals surface area (Å²) in [5, 5.41) is 9.88. The zero-order valence-electron chi connectivity index (χ0n) is 21.0. The number of ether oxygens (including phenoxy) is 2. The first-order valence-electron chi connectivity index (χ1n) is 12.1. The average Bonchev–Trinajstić information content (AvgIpc) is 2.69. The molecule has 0 aliphatic rings. The number of hydrogen-bond acceptors (Lipinski definition) is 3. The minimum Gasteiger partial charge on any atom is -0.493 e. The molecule has 4 heteroatoms. The van der Waals surface area contributed by atoms with Crippen LogP contribution in [0.4, 0.5) is 0 Å². The van der Waals surface area contributed by atoms with Crippen molar-refractivity contribution in [2.75, 3.05) is 20.3 Å². The van der Waals surface area contributed by atoms with E-state index >= 15 is 0 Å². The van der Waals surface area contributed by atoms with Crippen LogP contribution in [0.3, 0.4) is 0 Å². The van der Waals surface area contributed by atoms with E-state index in [1.807, 2.05) is 27.7 Å². The van der Waals surface area contributed by atoms with Crippen molar-refractivity contribution in [2.45, 2.75) is 92.4 Å². The second kappa shape index (κ2) is 13.8. The molecule has 0 aliphatic carbocycles. The molecule has 1 N–H and O–H groups in total. The molecule has 1 rings (SSSR count). The van der Waals surface area contributed by atoms with E-state index in [4.69, 9.17) is 9.47 Å². The average molecular weight is 435 g/mol. The van der Waals surface area contributed by atoms with E-state index in [0.29, 0.717) is 19.1 Å². The maximum absolute atomic E-state index is 12.0. The Morgan fingerprint density at radius 1 is 0.935 bits per heavy atom. The Labute approximate surface area is 190 Å². The lowest BCUT2D eigenvalue weighted by atomic mass is 9.66. The van der Waals surface area contributed by atoms with Crippen molar-refractivity contribution in [1.82, 2.24) is 0 Å². The molecule has 0 spiro atoms. The summed E-state index contributed by atoms with van der Waals surface area (Å²) in [7, 11) is 1.72. The fraction of sp³-hybridized carbons (Fsp3) is 0.741. The number of carboxylic acid groups (broad SMARTS) is 1. The number of benzene rings is 1. The highest BCUT2D eigenvalue weighted by Crippen LogP contribution is 2.41. The van der Waals surface area contributed by atoms with Crippen molar-refractivity contribution in [3.05, 3.63) is 29.3 Å². The van der Waals surface area contributed by atoms with Crippen LogP contribution in [-0.2, 0) is 16.0 Å². The van der Waals surface area contributed by atoms with E-state index in [9.17, 15) is 9.90 Å². The number of rotatable bonds is 16. The topological polar surface area (TPSA) is 55.8 Å². The summed E-state index contributed by atoms with van der Waals surface area (Å²) in [6.45, 7) is 14.0. The molecular formula is C27H46O4. The molecule has 1 aromatic carbocycles. The van der Waals surface area contributed by atoms with E-state index in [1.165, 1.54) is 11.1 Å². The molecule has 0 heterocycles. The van der Waals surface area contributed by atoms with Crippen LogP contribution in [-0.4, -0.2) is 31.4 Å². The Hall–Kier alpha value is -1.55. The van der Waals surface area contributed by atoms with Crippen molar-refractivity contribution >= 4 is 5.97 Å². The Morgan fingerprint density at radius 3 is 2.13 bits per heavy atom. The first-order valence-corrected chi connectivity index (χ1v) is 12.1. The number of methoxy groups -OCH3 is 1. The zero-order chi connectivity index (χ0) is 23.4. The summed E-state index contributed by atoms with van der Waals surface area (Å²) in [6, 6.07) is 6.64. The van der Waals surface area contributed by atoms with Crippen LogP contribution in [0, 0.1) is 17.3 Å². The maximum Gasteiger partial charge on any atom is 0.310 e. The third kappa shape index (κ3) is 8.14. The van der Waals surface area contributed by atoms with Gasteiger partial charge in [0.2, 0.25) is 0 Å². The molecule has 31 heavy (non-hydrogen) atoms. The second-order valence-electron chi connectivity index (χ2n) is 9.79. The normalized spacial score (nSPS) is 12.2. The Bertz CT molecular complexity index is 641. The van der Waals surface area contributed by atoms with Gasteiger partial charge < -0.3 is 14.6 Å². The maximum atomic E-state index is 12.0. The molecule has 0 unspecified atom stereocenters. The zero-order valence-corrected chi connectivity index (χ0v) is 21.0. The molecule has 1 aromatic rings. The molecule has 0 amide bonds. The fourth-order valence-electron chi connectivity index (χ4n) is 4.67. The fourth-order valence-corrected chi connectivity index (χ4v) is 4.67. The van der Waals surface area contributed by atoms with Gasteiger partial charge in [0.1, 0.15) is 5.75 Å². The largest absolute Gasteiger partial charge is 0.493 e. The van der Waals surface area contributed by atoms with Crippen LogP contribution in [0.15, 0.2) is 18.2 Å². The third-order valence-corrected chi connectivity index (χ3v) is 6.71. The van der Waals surface area contributed by atoms with E-state index in [-0.39, 0.29) is 11.8 Å². The minimum atomic E-state index is -0.638. The van der Waals surface area contributed by atoms with Gasteiger partial charge in [0.05, 0.1) is 12.0 Å². The van der Waals surface area contributed by atoms with E-state index in [1.54, 1.807) is 7.11 Å². The van der Waals surface area contributed by atoms with Crippen LogP contribution in [0.2, 0.25) is 0 Å². The van der Waals surface area contributed by atoms with Crippen molar-refractivity contribution < 1.29 is 19.4 Å². The number of carbonyl (C=O) groups is 1. The number of unbranched alkanes of at least 4 members (excludes halogenated alkanes) is 3. The third-order valence-electron chi connectivity index (χ3n) is 6.71. The predicted molar refractivity (Wildman–Crippen MR) is 129 cm³/mol. The summed E-state index contributed by atoms with van der Waals surface area (Å²) in [5.41, 5.74) is 1.96. The van der Waals surface area contributed by atoms with Crippen LogP contribution < -0.4 is 4.74 Å². The summed E-state index contributed by atoms with van der Waals surface area (Å²) in [5.74, 6) is 1.09. The van der Waals surface area contributed by atoms with E-state index < -0.39 is 11.4 Å². The molecule has 4 nitrogen and oxygen atoms in total. The quantitative estimate of drug-likeness (QED) is 0.282. The highest BCUT2D eigenvalue weighted by molar-refractivity contribution is 5.75. The van der Waals surface area contributed by atoms with Gasteiger partial charge in [0.15, 0.2) is 0 Å². The molecule has 0 bridgehead atoms. The van der Waals surface area contributed by atoms with Crippen molar-refractivity contribution in [1.29, 1.82) is 0 Å². The monoisotopic (exact) mass is 434 g/mol. The van der Waals surface area contributed by atoms with Gasteiger partial charge in [-0.2, -0.15) is 0 Å². The first-order chi connectivity index (χ1) is 14.7. The van der Waals surface area contributed by atoms with E-state index in [2.05, 4.69) is 32.0 Å². The van der Waals surface area contributed by atoms with Crippen molar-refractivity contribution in [3.8, 4) is 5.75 Å². The number of carboxylic acids is 1. The number of aliphatic carboxylic acids is 1. The molecule has 0 radical (unpaired) electrons. The summed E-state index contributed by atoms with van der Waals surface area (Å²) >= 11 is 0. The molecule has 0 saturated heterocycles. The lowest BCUT2D eigenvalue weighted by Crippen LogP contribution is -2.41. The molecule has 0 atom stereocenters. The Morgan fingerprint density at radius 2 is 1.58 bits per heavy atom. The van der Waals surface area contributed by atoms with Gasteiger partial charge >= 0.3 is 5.97 Å². The van der Waals surface area contributed by atoms with Crippen LogP contribution in [0.1, 0.15) is 97.1 Å². The predicted octanol–water partition coefficient (Wildman–Crippen LogP) is 7.10. The van der Waals surface area contributed by atoms with Gasteiger partial charge in [-0.25, -0.2) is 0 Å². The second-order valence-corrected chi connectivity index (χ2v) is 9.79. The van der Waals surface area contributed by atoms with Crippen LogP contribution in [0.5, 0.6) is 5.75 Å². The Kier molecular flexibility index (Phi) is 12.2. The summed E-state index contributed by atoms with van der Waals surface area (Å²) in [6.07, 6.45) is 6.99. The summed E-state index contributed by atoms with van der Waals surface area (Å²) < 4.78 is 11.2. The van der Waals surface area contributed by atoms with Gasteiger partial charge in [-0.3, -0.25) is 4.79 Å². The van der Waals surface area contributed by atoms with Gasteiger partial charge in [0.25, 0.3) is 0 Å². The van der Waals surface area contributed by atoms with Gasteiger partial charge in [-0.15, -0.1) is 0 Å². The smallest absolute Gasteiger partial charge is 0.310 e. The molecule has 0 fully saturated rings. The number of aryl methyl sites for hydroxylation is 1. The lowest BCUT2D eigenvalue weighted by Gasteiger charge is -2.37. The summed E-state index contributed by atoms with van der Waals surface area (Å²) in [4.78, 5) is 12.0. The van der Waals surface area contributed by atoms with Crippen molar-refractivity contribution in [3.63, 3.8) is 0 Å². The molecule has 0 aliphatic heterocycles. The highest BCUT2D eigenvalue weighted by atomic mass is 16.5. The SMILES string of the molecule is COCCCOc1cc(CCCCCCC(C(=O)O)(C(C)C)C(C)C)ccc1C(C)C.